The topological polar surface area (TPSA) is 74.2 Å². The molecule has 0 aromatic heterocycles. The van der Waals surface area contributed by atoms with Gasteiger partial charge >= 0.3 is 5.97 Å². The van der Waals surface area contributed by atoms with Crippen molar-refractivity contribution in [1.29, 1.82) is 0 Å². The fourth-order valence-electron chi connectivity index (χ4n) is 31.6. The molecule has 0 aliphatic heterocycles. The smallest absolute Gasteiger partial charge is 0.308 e. The average molecular weight is 1770 g/mol. The number of carbonyl (C=O) groups is 1. The predicted molar refractivity (Wildman–Crippen MR) is 542 cm³/mol. The van der Waals surface area contributed by atoms with Gasteiger partial charge in [0.05, 0.1) is 14.2 Å². The number of esters is 1. The highest BCUT2D eigenvalue weighted by atomic mass is 28.4. The summed E-state index contributed by atoms with van der Waals surface area (Å²) in [5, 5.41) is 12.3. The lowest BCUT2D eigenvalue weighted by atomic mass is 9.66. The average Bonchev–Trinajstić information content (AvgIpc) is 1.53. The number of methoxy groups -OCH3 is 2. The van der Waals surface area contributed by atoms with E-state index in [1.807, 2.05) is 30.3 Å². The molecule has 130 heavy (non-hydrogen) atoms. The molecule has 0 spiro atoms. The number of allylic oxidation sites excluding steroid dienone is 22. The molecular formula is C123H166O6Si. The molecule has 20 bridgehead atoms. The summed E-state index contributed by atoms with van der Waals surface area (Å²) in [5.74, 6) is 31.0. The first kappa shape index (κ1) is 93.5. The molecule has 1 N–H and O–H groups in total. The van der Waals surface area contributed by atoms with Crippen LogP contribution in [0.5, 0.6) is 23.0 Å². The van der Waals surface area contributed by atoms with E-state index in [0.29, 0.717) is 23.2 Å². The molecule has 6 nitrogen and oxygen atoms in total. The number of fused-ring (bicyclic) bond motifs is 33. The zero-order chi connectivity index (χ0) is 89.2. The molecule has 7 heteroatoms. The minimum absolute atomic E-state index is 0.226. The normalized spacial score (nSPS) is 37.5. The van der Waals surface area contributed by atoms with Gasteiger partial charge < -0.3 is 23.7 Å². The molecule has 698 valence electrons. The van der Waals surface area contributed by atoms with Gasteiger partial charge in [0.2, 0.25) is 0 Å². The van der Waals surface area contributed by atoms with Gasteiger partial charge in [-0.1, -0.05) is 309 Å². The van der Waals surface area contributed by atoms with Crippen LogP contribution >= 0.6 is 0 Å². The Morgan fingerprint density at radius 1 is 0.400 bits per heavy atom. The Balaban J connectivity index is 0.000000101. The van der Waals surface area contributed by atoms with Crippen molar-refractivity contribution in [2.75, 3.05) is 20.8 Å². The minimum Gasteiger partial charge on any atom is -0.504 e. The number of ether oxygens (including phenoxy) is 3. The van der Waals surface area contributed by atoms with Crippen LogP contribution in [-0.4, -0.2) is 40.2 Å². The van der Waals surface area contributed by atoms with Crippen LogP contribution in [0.3, 0.4) is 0 Å². The largest absolute Gasteiger partial charge is 0.504 e. The van der Waals surface area contributed by atoms with Gasteiger partial charge in [-0.2, -0.15) is 0 Å². The highest BCUT2D eigenvalue weighted by Gasteiger charge is 2.65. The third-order valence-electron chi connectivity index (χ3n) is 37.8. The lowest BCUT2D eigenvalue weighted by Gasteiger charge is -2.38. The van der Waals surface area contributed by atoms with Gasteiger partial charge in [-0.3, -0.25) is 4.79 Å². The quantitative estimate of drug-likeness (QED) is 0.0153. The molecule has 25 rings (SSSR count). The van der Waals surface area contributed by atoms with Crippen molar-refractivity contribution in [2.45, 2.75) is 272 Å². The number of hydrogen-bond donors (Lipinski definition) is 1. The summed E-state index contributed by atoms with van der Waals surface area (Å²) in [6.45, 7) is 13.6. The number of hydrogen-bond acceptors (Lipinski definition) is 6. The molecule has 0 saturated heterocycles. The lowest BCUT2D eigenvalue weighted by molar-refractivity contribution is -0.132. The molecule has 0 heterocycles. The first-order chi connectivity index (χ1) is 63.7. The fourth-order valence-corrected chi connectivity index (χ4v) is 34.4. The molecule has 0 radical (unpaired) electrons. The van der Waals surface area contributed by atoms with Crippen LogP contribution in [-0.2, 0) is 22.1 Å². The second-order valence-corrected chi connectivity index (χ2v) is 49.0. The standard InChI is InChI=1S/C21H24OSi.C17H20O3.C17H30.C15H18O2.C15H18.C15H26.C14H18.C9H12/c1-23(20-8-4-2-5-9-20,21-10-6-3-7-11-21)22-16-19-15-17-12-13-18(19)14-17;1-11(18)20-16-6-4-13(10-17(16)19-2)9-15-8-12-3-5-14(15)7-12;1-2-3-4-5-6-7-8-9-10-16-13-15-11-12-17(16)14-15;1-17-15-9-11(3-5-14(15)16)8-13-7-10-2-4-12(13)6-10;1-2-10-11(3-1)13-7-12(10)14-8-4-5-9(6-8)15(13)14;1-2-3-4-5-6-7-8-14-11-13-9-10-15(14)12-13;1-2-8-5-11-7-12(8)14-10-4-3-9(6-10)13(11)14;1-2-8-5-7-3-4-9(8)6-7/h2-13,17-19H,14-16H2,1H3;3-6,10,12,14-15H,7-9H2,1-2H3;11-12,15-17H,2-10,13-14H2,1H3;2-5,9-10,12-13,16H,6-8H2,1H3;1-2,4-5,8-15H,3,6-7H2;9-10,13-15H,2-8,11-12H2,1H3;2-4,9-14H,5-7H2,1H3;2-4,7,9H,5-6H2,1H3/b;;;;;;2*8-2+. The molecule has 31 unspecified atom stereocenters. The maximum atomic E-state index is 11.0. The number of carbonyl (C=O) groups excluding carboxylic acids is 1. The molecule has 21 aliphatic carbocycles. The van der Waals surface area contributed by atoms with E-state index in [0.717, 1.165) is 197 Å². The molecule has 0 amide bonds. The van der Waals surface area contributed by atoms with Crippen LogP contribution in [0.2, 0.25) is 6.55 Å². The number of phenols is 1. The molecule has 12 fully saturated rings. The summed E-state index contributed by atoms with van der Waals surface area (Å²) < 4.78 is 22.3. The monoisotopic (exact) mass is 1770 g/mol. The van der Waals surface area contributed by atoms with Gasteiger partial charge in [0.1, 0.15) is 0 Å². The van der Waals surface area contributed by atoms with Crippen molar-refractivity contribution in [1.82, 2.24) is 0 Å². The second-order valence-electron chi connectivity index (χ2n) is 45.5. The molecule has 4 aromatic rings. The van der Waals surface area contributed by atoms with E-state index in [9.17, 15) is 9.90 Å². The maximum Gasteiger partial charge on any atom is 0.308 e. The van der Waals surface area contributed by atoms with E-state index in [4.69, 9.17) is 18.6 Å². The van der Waals surface area contributed by atoms with Crippen LogP contribution in [0.25, 0.3) is 0 Å². The number of benzene rings is 4. The van der Waals surface area contributed by atoms with Crippen molar-refractivity contribution < 1.29 is 28.5 Å². The Labute approximate surface area is 788 Å². The van der Waals surface area contributed by atoms with Gasteiger partial charge in [-0.25, -0.2) is 0 Å². The third-order valence-corrected chi connectivity index (χ3v) is 41.4. The minimum atomic E-state index is -2.12. The summed E-state index contributed by atoms with van der Waals surface area (Å²) in [6.07, 6.45) is 100. The lowest BCUT2D eigenvalue weighted by Crippen LogP contribution is -2.58. The zero-order valence-corrected chi connectivity index (χ0v) is 82.3. The van der Waals surface area contributed by atoms with Crippen LogP contribution in [0.1, 0.15) is 264 Å². The van der Waals surface area contributed by atoms with Crippen LogP contribution in [0.15, 0.2) is 230 Å². The van der Waals surface area contributed by atoms with Crippen LogP contribution in [0, 0.1) is 183 Å². The molecule has 12 saturated carbocycles. The van der Waals surface area contributed by atoms with E-state index in [-0.39, 0.29) is 11.7 Å². The fraction of sp³-hybridized carbons (Fsp3) is 0.618. The first-order valence-electron chi connectivity index (χ1n) is 54.1. The second kappa shape index (κ2) is 43.8. The van der Waals surface area contributed by atoms with Crippen molar-refractivity contribution in [3.63, 3.8) is 0 Å². The van der Waals surface area contributed by atoms with E-state index in [1.165, 1.54) is 240 Å². The Morgan fingerprint density at radius 2 is 0.854 bits per heavy atom. The van der Waals surface area contributed by atoms with Crippen LogP contribution in [0.4, 0.5) is 0 Å². The number of aromatic hydroxyl groups is 1. The Hall–Kier alpha value is -6.93. The number of unbranched alkanes of at least 4 members (excludes halogenated alkanes) is 12. The first-order valence-corrected chi connectivity index (χ1v) is 56.5. The SMILES string of the molecule is C/C=C1\CC2C=CC1C2.C/C=C1\CC2CC1C1C3C=CC(C3)C21.C1=CC2C(C1)C1CC2C2C3C=CC(C3)C12.CCCCCCCCC1CC2C=CC1C2.CCCCCCCCCCC1CC2C=CC1C2.COc1cc(CC2CC3C=CC2C3)ccc1O.COc1cc(CC2CC3C=CC2C3)ccc1OC(C)=O.C[Si](OCC1CC2C=CC1C2)(c1ccccc1)c1ccccc1. The van der Waals surface area contributed by atoms with Crippen molar-refractivity contribution in [2.24, 2.45) is 183 Å². The van der Waals surface area contributed by atoms with Gasteiger partial charge in [0.25, 0.3) is 8.32 Å². The molecular weight excluding hydrogens is 1600 g/mol. The van der Waals surface area contributed by atoms with E-state index in [2.05, 4.69) is 216 Å². The summed E-state index contributed by atoms with van der Waals surface area (Å²) in [4.78, 5) is 11.0. The van der Waals surface area contributed by atoms with E-state index >= 15 is 0 Å². The molecule has 21 aliphatic rings. The number of rotatable bonds is 28. The van der Waals surface area contributed by atoms with Gasteiger partial charge in [-0.05, 0) is 391 Å². The highest BCUT2D eigenvalue weighted by Crippen LogP contribution is 2.71. The highest BCUT2D eigenvalue weighted by molar-refractivity contribution is 6.96. The Morgan fingerprint density at radius 3 is 1.31 bits per heavy atom. The Bertz CT molecular complexity index is 4680. The van der Waals surface area contributed by atoms with Crippen LogP contribution < -0.4 is 24.6 Å². The van der Waals surface area contributed by atoms with Crippen molar-refractivity contribution in [3.05, 3.63) is 241 Å². The van der Waals surface area contributed by atoms with Crippen molar-refractivity contribution in [3.8, 4) is 23.0 Å². The predicted octanol–water partition coefficient (Wildman–Crippen LogP) is 30.0. The summed E-state index contributed by atoms with van der Waals surface area (Å²) >= 11 is 0. The molecule has 4 aromatic carbocycles. The number of phenolic OH excluding ortho intramolecular Hbond substituents is 1. The Kier molecular flexibility index (Phi) is 31.5. The van der Waals surface area contributed by atoms with Gasteiger partial charge in [-0.15, -0.1) is 0 Å². The van der Waals surface area contributed by atoms with Gasteiger partial charge in [0, 0.05) is 13.5 Å². The molecule has 31 atom stereocenters. The van der Waals surface area contributed by atoms with Gasteiger partial charge in [0.15, 0.2) is 23.0 Å². The van der Waals surface area contributed by atoms with E-state index < -0.39 is 8.32 Å². The van der Waals surface area contributed by atoms with E-state index in [1.54, 1.807) is 37.9 Å². The maximum absolute atomic E-state index is 11.0. The third kappa shape index (κ3) is 21.5. The summed E-state index contributed by atoms with van der Waals surface area (Å²) in [6, 6.07) is 33.2. The van der Waals surface area contributed by atoms with Crippen molar-refractivity contribution >= 4 is 24.7 Å². The summed E-state index contributed by atoms with van der Waals surface area (Å²) in [7, 11) is 1.08. The summed E-state index contributed by atoms with van der Waals surface area (Å²) in [5.41, 5.74) is 5.99. The zero-order valence-electron chi connectivity index (χ0n) is 81.3.